The summed E-state index contributed by atoms with van der Waals surface area (Å²) in [6, 6.07) is 72.0. The molecule has 0 N–H and O–H groups in total. The number of anilines is 3. The van der Waals surface area contributed by atoms with Gasteiger partial charge in [-0.2, -0.15) is 0 Å². The number of rotatable bonds is 7. The Labute approximate surface area is 319 Å². The van der Waals surface area contributed by atoms with Crippen LogP contribution in [0.4, 0.5) is 17.1 Å². The third-order valence-corrected chi connectivity index (χ3v) is 10.2. The number of hydrogen-bond acceptors (Lipinski definition) is 4. The van der Waals surface area contributed by atoms with Gasteiger partial charge in [-0.1, -0.05) is 152 Å². The third-order valence-electron chi connectivity index (χ3n) is 10.2. The standard InChI is InChI=1S/C51H34N4/c1-6-18-35(19-7-1)45-34-46(36-20-8-2-9-21-36)54-51(53-45)39-30-31-44-43(32-39)48-42-29-17-16-24-38(42)33-47(49(48)50(52-44)37-22-10-3-11-23-37)55(40-25-12-4-13-26-40)41-27-14-5-15-28-41/h1-34H. The Balaban J connectivity index is 1.31. The van der Waals surface area contributed by atoms with E-state index in [2.05, 4.69) is 175 Å². The molecule has 0 unspecified atom stereocenters. The van der Waals surface area contributed by atoms with Crippen molar-refractivity contribution < 1.29 is 0 Å². The summed E-state index contributed by atoms with van der Waals surface area (Å²) in [6.07, 6.45) is 0. The van der Waals surface area contributed by atoms with Crippen LogP contribution in [0.3, 0.4) is 0 Å². The molecule has 10 aromatic rings. The average Bonchev–Trinajstić information content (AvgIpc) is 3.27. The summed E-state index contributed by atoms with van der Waals surface area (Å²) in [6.45, 7) is 0. The highest BCUT2D eigenvalue weighted by molar-refractivity contribution is 6.27. The fourth-order valence-electron chi connectivity index (χ4n) is 7.65. The topological polar surface area (TPSA) is 41.9 Å². The predicted molar refractivity (Wildman–Crippen MR) is 229 cm³/mol. The number of benzene rings is 8. The number of para-hydroxylation sites is 2. The molecule has 0 aliphatic carbocycles. The molecule has 2 heterocycles. The Hall–Kier alpha value is -7.43. The minimum Gasteiger partial charge on any atom is -0.310 e. The Bertz CT molecular complexity index is 2850. The van der Waals surface area contributed by atoms with E-state index >= 15 is 0 Å². The van der Waals surface area contributed by atoms with E-state index in [1.165, 1.54) is 0 Å². The maximum absolute atomic E-state index is 5.51. The van der Waals surface area contributed by atoms with Gasteiger partial charge in [0.05, 0.1) is 28.3 Å². The van der Waals surface area contributed by atoms with Crippen LogP contribution >= 0.6 is 0 Å². The number of aromatic nitrogens is 3. The molecular formula is C51H34N4. The first-order valence-electron chi connectivity index (χ1n) is 18.5. The van der Waals surface area contributed by atoms with Crippen LogP contribution in [-0.2, 0) is 0 Å². The smallest absolute Gasteiger partial charge is 0.160 e. The van der Waals surface area contributed by atoms with Gasteiger partial charge >= 0.3 is 0 Å². The van der Waals surface area contributed by atoms with Gasteiger partial charge in [0.15, 0.2) is 5.82 Å². The molecule has 4 heteroatoms. The molecule has 8 aromatic carbocycles. The van der Waals surface area contributed by atoms with Gasteiger partial charge in [0.2, 0.25) is 0 Å². The van der Waals surface area contributed by atoms with E-state index in [0.717, 1.165) is 88.8 Å². The summed E-state index contributed by atoms with van der Waals surface area (Å²) < 4.78 is 0. The van der Waals surface area contributed by atoms with Crippen molar-refractivity contribution in [2.75, 3.05) is 4.90 Å². The van der Waals surface area contributed by atoms with Crippen LogP contribution in [0.5, 0.6) is 0 Å². The molecule has 0 bridgehead atoms. The quantitative estimate of drug-likeness (QED) is 0.155. The average molecular weight is 703 g/mol. The van der Waals surface area contributed by atoms with Gasteiger partial charge in [-0.15, -0.1) is 0 Å². The number of pyridine rings is 1. The molecule has 0 aliphatic heterocycles. The first-order valence-corrected chi connectivity index (χ1v) is 18.5. The molecule has 0 atom stereocenters. The third kappa shape index (κ3) is 5.96. The van der Waals surface area contributed by atoms with Crippen molar-refractivity contribution in [1.82, 2.24) is 15.0 Å². The van der Waals surface area contributed by atoms with Crippen molar-refractivity contribution >= 4 is 49.5 Å². The monoisotopic (exact) mass is 702 g/mol. The van der Waals surface area contributed by atoms with Crippen LogP contribution in [0.15, 0.2) is 206 Å². The van der Waals surface area contributed by atoms with Crippen molar-refractivity contribution in [2.45, 2.75) is 0 Å². The fourth-order valence-corrected chi connectivity index (χ4v) is 7.65. The highest BCUT2D eigenvalue weighted by atomic mass is 15.1. The summed E-state index contributed by atoms with van der Waals surface area (Å²) in [7, 11) is 0. The van der Waals surface area contributed by atoms with E-state index < -0.39 is 0 Å². The van der Waals surface area contributed by atoms with E-state index in [1.54, 1.807) is 0 Å². The van der Waals surface area contributed by atoms with Gasteiger partial charge in [0.25, 0.3) is 0 Å². The lowest BCUT2D eigenvalue weighted by Gasteiger charge is -2.28. The SMILES string of the molecule is c1ccc(-c2cc(-c3ccccc3)nc(-c3ccc4nc(-c5ccccc5)c5c(N(c6ccccc6)c6ccccc6)cc6ccccc6c5c4c3)n2)cc1. The van der Waals surface area contributed by atoms with E-state index in [1.807, 2.05) is 36.4 Å². The molecule has 2 aromatic heterocycles. The van der Waals surface area contributed by atoms with Crippen molar-refractivity contribution in [3.8, 4) is 45.2 Å². The second-order valence-electron chi connectivity index (χ2n) is 13.6. The van der Waals surface area contributed by atoms with Gasteiger partial charge in [0.1, 0.15) is 0 Å². The largest absolute Gasteiger partial charge is 0.310 e. The first kappa shape index (κ1) is 32.2. The number of hydrogen-bond donors (Lipinski definition) is 0. The fraction of sp³-hybridized carbons (Fsp3) is 0. The predicted octanol–water partition coefficient (Wildman–Crippen LogP) is 13.5. The van der Waals surface area contributed by atoms with Crippen LogP contribution in [0.1, 0.15) is 0 Å². The summed E-state index contributed by atoms with van der Waals surface area (Å²) in [5.41, 5.74) is 10.9. The molecule has 258 valence electrons. The lowest BCUT2D eigenvalue weighted by Crippen LogP contribution is -2.11. The normalized spacial score (nSPS) is 11.3. The number of nitrogens with zero attached hydrogens (tertiary/aromatic N) is 4. The Morgan fingerprint density at radius 1 is 0.345 bits per heavy atom. The van der Waals surface area contributed by atoms with Gasteiger partial charge in [-0.3, -0.25) is 0 Å². The van der Waals surface area contributed by atoms with Crippen molar-refractivity contribution in [1.29, 1.82) is 0 Å². The number of fused-ring (bicyclic) bond motifs is 5. The summed E-state index contributed by atoms with van der Waals surface area (Å²) in [4.78, 5) is 18.3. The van der Waals surface area contributed by atoms with E-state index in [-0.39, 0.29) is 0 Å². The molecule has 55 heavy (non-hydrogen) atoms. The van der Waals surface area contributed by atoms with Gasteiger partial charge in [-0.25, -0.2) is 15.0 Å². The molecule has 0 aliphatic rings. The Morgan fingerprint density at radius 2 is 0.855 bits per heavy atom. The lowest BCUT2D eigenvalue weighted by atomic mass is 9.92. The zero-order valence-electron chi connectivity index (χ0n) is 29.9. The van der Waals surface area contributed by atoms with Gasteiger partial charge < -0.3 is 4.90 Å². The molecule has 4 nitrogen and oxygen atoms in total. The maximum Gasteiger partial charge on any atom is 0.160 e. The van der Waals surface area contributed by atoms with E-state index in [9.17, 15) is 0 Å². The zero-order valence-corrected chi connectivity index (χ0v) is 29.9. The molecule has 0 radical (unpaired) electrons. The van der Waals surface area contributed by atoms with Crippen molar-refractivity contribution in [2.24, 2.45) is 0 Å². The van der Waals surface area contributed by atoms with Crippen LogP contribution < -0.4 is 4.90 Å². The molecule has 0 fully saturated rings. The van der Waals surface area contributed by atoms with E-state index in [0.29, 0.717) is 5.82 Å². The Kier molecular flexibility index (Phi) is 8.12. The molecule has 0 amide bonds. The molecule has 0 saturated carbocycles. The van der Waals surface area contributed by atoms with E-state index in [4.69, 9.17) is 15.0 Å². The second kappa shape index (κ2) is 13.8. The van der Waals surface area contributed by atoms with Crippen molar-refractivity contribution in [3.05, 3.63) is 206 Å². The molecule has 0 saturated heterocycles. The summed E-state index contributed by atoms with van der Waals surface area (Å²) in [5, 5.41) is 5.56. The first-order chi connectivity index (χ1) is 27.3. The minimum absolute atomic E-state index is 0.665. The lowest BCUT2D eigenvalue weighted by molar-refractivity contribution is 1.18. The van der Waals surface area contributed by atoms with Crippen LogP contribution in [0, 0.1) is 0 Å². The Morgan fingerprint density at radius 3 is 1.44 bits per heavy atom. The maximum atomic E-state index is 5.51. The van der Waals surface area contributed by atoms with Crippen LogP contribution in [-0.4, -0.2) is 15.0 Å². The van der Waals surface area contributed by atoms with Gasteiger partial charge in [0, 0.05) is 49.8 Å². The highest BCUT2D eigenvalue weighted by Gasteiger charge is 2.23. The van der Waals surface area contributed by atoms with Crippen LogP contribution in [0.25, 0.3) is 77.6 Å². The molecule has 0 spiro atoms. The van der Waals surface area contributed by atoms with Crippen LogP contribution in [0.2, 0.25) is 0 Å². The molecular weight excluding hydrogens is 669 g/mol. The van der Waals surface area contributed by atoms with Gasteiger partial charge in [-0.05, 0) is 65.4 Å². The summed E-state index contributed by atoms with van der Waals surface area (Å²) in [5.74, 6) is 0.665. The minimum atomic E-state index is 0.665. The highest BCUT2D eigenvalue weighted by Crippen LogP contribution is 2.47. The molecule has 10 rings (SSSR count). The summed E-state index contributed by atoms with van der Waals surface area (Å²) >= 11 is 0. The zero-order chi connectivity index (χ0) is 36.6. The second-order valence-corrected chi connectivity index (χ2v) is 13.6. The van der Waals surface area contributed by atoms with Crippen molar-refractivity contribution in [3.63, 3.8) is 0 Å².